The molecule has 0 bridgehead atoms. The zero-order chi connectivity index (χ0) is 15.1. The molecule has 0 saturated carbocycles. The van der Waals surface area contributed by atoms with Gasteiger partial charge in [-0.05, 0) is 29.8 Å². The van der Waals surface area contributed by atoms with Crippen molar-refractivity contribution >= 4 is 0 Å². The molecule has 0 aliphatic heterocycles. The number of nitrogens with one attached hydrogen (secondary N) is 1. The van der Waals surface area contributed by atoms with Crippen molar-refractivity contribution in [2.24, 2.45) is 0 Å². The van der Waals surface area contributed by atoms with Crippen molar-refractivity contribution in [1.82, 2.24) is 5.32 Å². The summed E-state index contributed by atoms with van der Waals surface area (Å²) in [6.07, 6.45) is -0.0120. The minimum absolute atomic E-state index is 0.0120. The van der Waals surface area contributed by atoms with E-state index < -0.39 is 0 Å². The maximum atomic E-state index is 6.13. The second-order valence-electron chi connectivity index (χ2n) is 5.26. The van der Waals surface area contributed by atoms with Gasteiger partial charge < -0.3 is 14.8 Å². The van der Waals surface area contributed by atoms with Crippen LogP contribution in [-0.2, 0) is 0 Å². The molecule has 1 atom stereocenters. The molecule has 3 nitrogen and oxygen atoms in total. The van der Waals surface area contributed by atoms with Crippen LogP contribution >= 0.6 is 0 Å². The second kappa shape index (κ2) is 7.70. The van der Waals surface area contributed by atoms with Gasteiger partial charge in [-0.1, -0.05) is 44.2 Å². The summed E-state index contributed by atoms with van der Waals surface area (Å²) in [6, 6.07) is 18.4. The van der Waals surface area contributed by atoms with Gasteiger partial charge in [0.15, 0.2) is 0 Å². The monoisotopic (exact) mass is 285 g/mol. The van der Waals surface area contributed by atoms with E-state index in [1.54, 1.807) is 7.11 Å². The first-order chi connectivity index (χ1) is 10.2. The van der Waals surface area contributed by atoms with Gasteiger partial charge in [0.05, 0.1) is 7.11 Å². The maximum Gasteiger partial charge on any atom is 0.136 e. The van der Waals surface area contributed by atoms with E-state index in [-0.39, 0.29) is 6.10 Å². The molecule has 0 aliphatic rings. The number of benzene rings is 2. The molecule has 0 aromatic heterocycles. The lowest BCUT2D eigenvalue weighted by atomic mass is 10.1. The molecule has 0 amide bonds. The molecular formula is C18H23NO2. The van der Waals surface area contributed by atoms with Crippen LogP contribution in [0.4, 0.5) is 0 Å². The summed E-state index contributed by atoms with van der Waals surface area (Å²) in [5.74, 6) is 1.68. The van der Waals surface area contributed by atoms with Gasteiger partial charge in [0.2, 0.25) is 0 Å². The minimum Gasteiger partial charge on any atom is -0.497 e. The molecule has 0 heterocycles. The van der Waals surface area contributed by atoms with Crippen LogP contribution in [-0.4, -0.2) is 19.7 Å². The molecule has 2 aromatic carbocycles. The van der Waals surface area contributed by atoms with Crippen LogP contribution in [0.1, 0.15) is 25.5 Å². The zero-order valence-electron chi connectivity index (χ0n) is 12.9. The summed E-state index contributed by atoms with van der Waals surface area (Å²) in [4.78, 5) is 0. The van der Waals surface area contributed by atoms with Crippen LogP contribution in [0.5, 0.6) is 11.5 Å². The highest BCUT2D eigenvalue weighted by atomic mass is 16.5. The van der Waals surface area contributed by atoms with Gasteiger partial charge in [-0.15, -0.1) is 0 Å². The fraction of sp³-hybridized carbons (Fsp3) is 0.333. The summed E-state index contributed by atoms with van der Waals surface area (Å²) in [7, 11) is 1.66. The maximum absolute atomic E-state index is 6.13. The molecule has 0 fully saturated rings. The van der Waals surface area contributed by atoms with E-state index >= 15 is 0 Å². The zero-order valence-corrected chi connectivity index (χ0v) is 12.9. The van der Waals surface area contributed by atoms with Crippen molar-refractivity contribution in [2.45, 2.75) is 26.0 Å². The highest BCUT2D eigenvalue weighted by molar-refractivity contribution is 5.32. The van der Waals surface area contributed by atoms with Gasteiger partial charge in [-0.3, -0.25) is 0 Å². The smallest absolute Gasteiger partial charge is 0.136 e. The minimum atomic E-state index is -0.0120. The first kappa shape index (κ1) is 15.4. The first-order valence-electron chi connectivity index (χ1n) is 7.28. The normalized spacial score (nSPS) is 12.2. The van der Waals surface area contributed by atoms with Crippen molar-refractivity contribution in [2.75, 3.05) is 13.7 Å². The Bertz CT molecular complexity index is 523. The van der Waals surface area contributed by atoms with E-state index in [2.05, 4.69) is 31.3 Å². The van der Waals surface area contributed by atoms with E-state index in [1.807, 2.05) is 42.5 Å². The standard InChI is InChI=1S/C18H23NO2/c1-14(2)19-13-18(15-7-5-4-6-8-15)21-17-11-9-16(20-3)10-12-17/h4-12,14,18-19H,13H2,1-3H3. The molecule has 2 rings (SSSR count). The Hall–Kier alpha value is -2.00. The van der Waals surface area contributed by atoms with E-state index in [4.69, 9.17) is 9.47 Å². The van der Waals surface area contributed by atoms with E-state index in [1.165, 1.54) is 5.56 Å². The SMILES string of the molecule is COc1ccc(OC(CNC(C)C)c2ccccc2)cc1. The Morgan fingerprint density at radius 3 is 2.10 bits per heavy atom. The Labute approximate surface area is 126 Å². The summed E-state index contributed by atoms with van der Waals surface area (Å²) in [5, 5.41) is 3.44. The lowest BCUT2D eigenvalue weighted by Gasteiger charge is -2.21. The van der Waals surface area contributed by atoms with Gasteiger partial charge in [0.1, 0.15) is 17.6 Å². The Kier molecular flexibility index (Phi) is 5.64. The predicted octanol–water partition coefficient (Wildman–Crippen LogP) is 3.81. The fourth-order valence-electron chi connectivity index (χ4n) is 2.06. The largest absolute Gasteiger partial charge is 0.497 e. The van der Waals surface area contributed by atoms with Crippen LogP contribution in [0.2, 0.25) is 0 Å². The topological polar surface area (TPSA) is 30.5 Å². The molecule has 0 aliphatic carbocycles. The number of hydrogen-bond acceptors (Lipinski definition) is 3. The van der Waals surface area contributed by atoms with Gasteiger partial charge in [-0.2, -0.15) is 0 Å². The molecule has 3 heteroatoms. The number of rotatable bonds is 7. The molecule has 2 aromatic rings. The van der Waals surface area contributed by atoms with Gasteiger partial charge in [0.25, 0.3) is 0 Å². The highest BCUT2D eigenvalue weighted by Gasteiger charge is 2.13. The van der Waals surface area contributed by atoms with Crippen molar-refractivity contribution in [1.29, 1.82) is 0 Å². The molecule has 21 heavy (non-hydrogen) atoms. The lowest BCUT2D eigenvalue weighted by Crippen LogP contribution is -2.30. The van der Waals surface area contributed by atoms with Crippen LogP contribution in [0.3, 0.4) is 0 Å². The van der Waals surface area contributed by atoms with E-state index in [0.29, 0.717) is 6.04 Å². The molecule has 1 N–H and O–H groups in total. The molecule has 0 radical (unpaired) electrons. The average Bonchev–Trinajstić information content (AvgIpc) is 2.52. The summed E-state index contributed by atoms with van der Waals surface area (Å²) in [6.45, 7) is 5.04. The second-order valence-corrected chi connectivity index (χ2v) is 5.26. The van der Waals surface area contributed by atoms with Crippen molar-refractivity contribution in [3.05, 3.63) is 60.2 Å². The summed E-state index contributed by atoms with van der Waals surface area (Å²) < 4.78 is 11.3. The van der Waals surface area contributed by atoms with Crippen molar-refractivity contribution in [3.8, 4) is 11.5 Å². The summed E-state index contributed by atoms with van der Waals surface area (Å²) >= 11 is 0. The van der Waals surface area contributed by atoms with Crippen molar-refractivity contribution < 1.29 is 9.47 Å². The first-order valence-corrected chi connectivity index (χ1v) is 7.28. The quantitative estimate of drug-likeness (QED) is 0.839. The van der Waals surface area contributed by atoms with E-state index in [9.17, 15) is 0 Å². The van der Waals surface area contributed by atoms with Gasteiger partial charge >= 0.3 is 0 Å². The third-order valence-electron chi connectivity index (χ3n) is 3.22. The molecule has 0 saturated heterocycles. The van der Waals surface area contributed by atoms with Gasteiger partial charge in [-0.25, -0.2) is 0 Å². The molecule has 112 valence electrons. The van der Waals surface area contributed by atoms with Crippen LogP contribution in [0.25, 0.3) is 0 Å². The third kappa shape index (κ3) is 4.80. The number of hydrogen-bond donors (Lipinski definition) is 1. The fourth-order valence-corrected chi connectivity index (χ4v) is 2.06. The number of ether oxygens (including phenoxy) is 2. The Morgan fingerprint density at radius 1 is 0.905 bits per heavy atom. The summed E-state index contributed by atoms with van der Waals surface area (Å²) in [5.41, 5.74) is 1.17. The molecule has 1 unspecified atom stereocenters. The third-order valence-corrected chi connectivity index (χ3v) is 3.22. The van der Waals surface area contributed by atoms with Crippen LogP contribution < -0.4 is 14.8 Å². The molecular weight excluding hydrogens is 262 g/mol. The lowest BCUT2D eigenvalue weighted by molar-refractivity contribution is 0.198. The number of methoxy groups -OCH3 is 1. The average molecular weight is 285 g/mol. The van der Waals surface area contributed by atoms with Gasteiger partial charge in [0, 0.05) is 12.6 Å². The molecule has 0 spiro atoms. The van der Waals surface area contributed by atoms with Crippen molar-refractivity contribution in [3.63, 3.8) is 0 Å². The van der Waals surface area contributed by atoms with Crippen LogP contribution in [0, 0.1) is 0 Å². The highest BCUT2D eigenvalue weighted by Crippen LogP contribution is 2.23. The Balaban J connectivity index is 2.10. The Morgan fingerprint density at radius 2 is 1.52 bits per heavy atom. The van der Waals surface area contributed by atoms with E-state index in [0.717, 1.165) is 18.0 Å². The van der Waals surface area contributed by atoms with Crippen LogP contribution in [0.15, 0.2) is 54.6 Å². The predicted molar refractivity (Wildman–Crippen MR) is 85.9 cm³/mol.